The van der Waals surface area contributed by atoms with E-state index >= 15 is 0 Å². The molecule has 0 aliphatic rings. The van der Waals surface area contributed by atoms with Crippen LogP contribution in [0.15, 0.2) is 18.2 Å². The zero-order valence-electron chi connectivity index (χ0n) is 11.1. The van der Waals surface area contributed by atoms with E-state index in [0.29, 0.717) is 0 Å². The van der Waals surface area contributed by atoms with Crippen molar-refractivity contribution < 1.29 is 9.59 Å². The quantitative estimate of drug-likeness (QED) is 0.761. The maximum absolute atomic E-state index is 11.6. The van der Waals surface area contributed by atoms with Crippen molar-refractivity contribution in [3.63, 3.8) is 0 Å². The van der Waals surface area contributed by atoms with Crippen LogP contribution < -0.4 is 16.0 Å². The van der Waals surface area contributed by atoms with Crippen LogP contribution >= 0.6 is 0 Å². The Kier molecular flexibility index (Phi) is 4.71. The summed E-state index contributed by atoms with van der Waals surface area (Å²) in [6, 6.07) is 4.88. The van der Waals surface area contributed by atoms with Crippen molar-refractivity contribution in [2.75, 3.05) is 12.4 Å². The maximum Gasteiger partial charge on any atom is 0.321 e. The fraction of sp³-hybridized carbons (Fsp3) is 0.385. The Morgan fingerprint density at radius 2 is 1.83 bits per heavy atom. The molecule has 0 heterocycles. The van der Waals surface area contributed by atoms with Crippen LogP contribution in [0.2, 0.25) is 0 Å². The van der Waals surface area contributed by atoms with E-state index in [0.717, 1.165) is 11.3 Å². The summed E-state index contributed by atoms with van der Waals surface area (Å²) in [7, 11) is 1.46. The number of benzene rings is 1. The summed E-state index contributed by atoms with van der Waals surface area (Å²) in [6.07, 6.45) is 0. The van der Waals surface area contributed by atoms with E-state index in [9.17, 15) is 9.59 Å². The number of carbonyl (C=O) groups is 2. The second-order valence-electron chi connectivity index (χ2n) is 4.23. The van der Waals surface area contributed by atoms with Crippen molar-refractivity contribution in [2.24, 2.45) is 0 Å². The van der Waals surface area contributed by atoms with Crippen LogP contribution in [0, 0.1) is 13.8 Å². The minimum atomic E-state index is -0.506. The number of amides is 3. The Morgan fingerprint density at radius 1 is 1.17 bits per heavy atom. The van der Waals surface area contributed by atoms with Crippen molar-refractivity contribution in [3.8, 4) is 0 Å². The van der Waals surface area contributed by atoms with E-state index in [1.54, 1.807) is 6.92 Å². The van der Waals surface area contributed by atoms with Crippen LogP contribution in [0.5, 0.6) is 0 Å². The third-order valence-electron chi connectivity index (χ3n) is 2.75. The smallest absolute Gasteiger partial charge is 0.321 e. The van der Waals surface area contributed by atoms with Gasteiger partial charge in [0.15, 0.2) is 0 Å². The Hall–Kier alpha value is -2.04. The number of hydrogen-bond donors (Lipinski definition) is 3. The van der Waals surface area contributed by atoms with Crippen molar-refractivity contribution in [3.05, 3.63) is 29.3 Å². The number of rotatable bonds is 3. The van der Waals surface area contributed by atoms with Gasteiger partial charge in [0.25, 0.3) is 0 Å². The molecule has 98 valence electrons. The first-order valence-electron chi connectivity index (χ1n) is 5.80. The van der Waals surface area contributed by atoms with Crippen LogP contribution in [0.25, 0.3) is 0 Å². The van der Waals surface area contributed by atoms with E-state index in [1.807, 2.05) is 32.0 Å². The lowest BCUT2D eigenvalue weighted by Gasteiger charge is -2.15. The molecule has 0 saturated carbocycles. The van der Waals surface area contributed by atoms with Crippen LogP contribution in [0.1, 0.15) is 18.1 Å². The molecule has 5 heteroatoms. The molecule has 0 aliphatic carbocycles. The molecule has 0 saturated heterocycles. The first-order chi connectivity index (χ1) is 8.43. The van der Waals surface area contributed by atoms with Gasteiger partial charge < -0.3 is 10.6 Å². The lowest BCUT2D eigenvalue weighted by molar-refractivity contribution is -0.120. The standard InChI is InChI=1S/C13H19N3O2/c1-8-5-6-11(7-9(8)2)15-10(3)12(17)16-13(18)14-4/h5-7,10,15H,1-4H3,(H2,14,16,17,18). The van der Waals surface area contributed by atoms with E-state index in [2.05, 4.69) is 16.0 Å². The van der Waals surface area contributed by atoms with Crippen molar-refractivity contribution >= 4 is 17.6 Å². The van der Waals surface area contributed by atoms with Crippen LogP contribution in [0.3, 0.4) is 0 Å². The highest BCUT2D eigenvalue weighted by atomic mass is 16.2. The maximum atomic E-state index is 11.6. The Labute approximate surface area is 107 Å². The van der Waals surface area contributed by atoms with Gasteiger partial charge in [0.05, 0.1) is 0 Å². The fourth-order valence-electron chi connectivity index (χ4n) is 1.43. The predicted octanol–water partition coefficient (Wildman–Crippen LogP) is 1.56. The first-order valence-corrected chi connectivity index (χ1v) is 5.80. The molecule has 0 fully saturated rings. The second kappa shape index (κ2) is 6.05. The van der Waals surface area contributed by atoms with Crippen LogP contribution in [-0.4, -0.2) is 25.0 Å². The lowest BCUT2D eigenvalue weighted by atomic mass is 10.1. The number of anilines is 1. The molecule has 3 N–H and O–H groups in total. The topological polar surface area (TPSA) is 70.2 Å². The molecule has 1 aromatic carbocycles. The van der Waals surface area contributed by atoms with Gasteiger partial charge >= 0.3 is 6.03 Å². The number of aryl methyl sites for hydroxylation is 2. The summed E-state index contributed by atoms with van der Waals surface area (Å²) >= 11 is 0. The SMILES string of the molecule is CNC(=O)NC(=O)C(C)Nc1ccc(C)c(C)c1. The van der Waals surface area contributed by atoms with Gasteiger partial charge in [-0.2, -0.15) is 0 Å². The molecule has 5 nitrogen and oxygen atoms in total. The first kappa shape index (κ1) is 14.0. The Morgan fingerprint density at radius 3 is 2.39 bits per heavy atom. The van der Waals surface area contributed by atoms with Crippen molar-refractivity contribution in [1.29, 1.82) is 0 Å². The van der Waals surface area contributed by atoms with Gasteiger partial charge in [-0.15, -0.1) is 0 Å². The minimum absolute atomic E-state index is 0.368. The van der Waals surface area contributed by atoms with Gasteiger partial charge in [-0.3, -0.25) is 10.1 Å². The van der Waals surface area contributed by atoms with Gasteiger partial charge in [0.2, 0.25) is 5.91 Å². The molecule has 1 atom stereocenters. The zero-order chi connectivity index (χ0) is 13.7. The molecule has 18 heavy (non-hydrogen) atoms. The molecule has 0 aliphatic heterocycles. The van der Waals surface area contributed by atoms with Gasteiger partial charge in [-0.1, -0.05) is 6.07 Å². The second-order valence-corrected chi connectivity index (χ2v) is 4.23. The molecule has 1 rings (SSSR count). The minimum Gasteiger partial charge on any atom is -0.374 e. The number of imide groups is 1. The van der Waals surface area contributed by atoms with E-state index in [1.165, 1.54) is 12.6 Å². The van der Waals surface area contributed by atoms with Crippen molar-refractivity contribution in [1.82, 2.24) is 10.6 Å². The Bertz CT molecular complexity index is 458. The average Bonchev–Trinajstić information content (AvgIpc) is 2.33. The molecule has 0 radical (unpaired) electrons. The van der Waals surface area contributed by atoms with Gasteiger partial charge in [-0.05, 0) is 44.0 Å². The third kappa shape index (κ3) is 3.76. The number of carbonyl (C=O) groups excluding carboxylic acids is 2. The van der Waals surface area contributed by atoms with Gasteiger partial charge in [0.1, 0.15) is 6.04 Å². The number of urea groups is 1. The molecule has 1 aromatic rings. The highest BCUT2D eigenvalue weighted by molar-refractivity contribution is 5.97. The summed E-state index contributed by atoms with van der Waals surface area (Å²) in [5, 5.41) is 7.60. The highest BCUT2D eigenvalue weighted by Gasteiger charge is 2.14. The molecule has 3 amide bonds. The number of nitrogens with one attached hydrogen (secondary N) is 3. The summed E-state index contributed by atoms with van der Waals surface area (Å²) < 4.78 is 0. The van der Waals surface area contributed by atoms with Gasteiger partial charge in [0, 0.05) is 12.7 Å². The molecular formula is C13H19N3O2. The van der Waals surface area contributed by atoms with Crippen molar-refractivity contribution in [2.45, 2.75) is 26.8 Å². The molecule has 0 spiro atoms. The molecule has 0 aromatic heterocycles. The summed E-state index contributed by atoms with van der Waals surface area (Å²) in [5.74, 6) is -0.368. The zero-order valence-corrected chi connectivity index (χ0v) is 11.1. The molecule has 0 bridgehead atoms. The van der Waals surface area contributed by atoms with E-state index in [-0.39, 0.29) is 5.91 Å². The van der Waals surface area contributed by atoms with Crippen LogP contribution in [0.4, 0.5) is 10.5 Å². The summed E-state index contributed by atoms with van der Waals surface area (Å²) in [5.41, 5.74) is 3.21. The highest BCUT2D eigenvalue weighted by Crippen LogP contribution is 2.14. The predicted molar refractivity (Wildman–Crippen MR) is 71.6 cm³/mol. The monoisotopic (exact) mass is 249 g/mol. The van der Waals surface area contributed by atoms with Crippen LogP contribution in [-0.2, 0) is 4.79 Å². The molecule has 1 unspecified atom stereocenters. The largest absolute Gasteiger partial charge is 0.374 e. The number of hydrogen-bond acceptors (Lipinski definition) is 3. The fourth-order valence-corrected chi connectivity index (χ4v) is 1.43. The van der Waals surface area contributed by atoms with E-state index in [4.69, 9.17) is 0 Å². The average molecular weight is 249 g/mol. The lowest BCUT2D eigenvalue weighted by Crippen LogP contribution is -2.44. The van der Waals surface area contributed by atoms with E-state index < -0.39 is 12.1 Å². The Balaban J connectivity index is 2.63. The summed E-state index contributed by atoms with van der Waals surface area (Å²) in [4.78, 5) is 22.6. The summed E-state index contributed by atoms with van der Waals surface area (Å²) in [6.45, 7) is 5.74. The van der Waals surface area contributed by atoms with Gasteiger partial charge in [-0.25, -0.2) is 4.79 Å². The molecular weight excluding hydrogens is 230 g/mol. The third-order valence-corrected chi connectivity index (χ3v) is 2.75. The normalized spacial score (nSPS) is 11.6.